The van der Waals surface area contributed by atoms with E-state index < -0.39 is 0 Å². The molecule has 0 atom stereocenters. The first-order valence-corrected chi connectivity index (χ1v) is 8.55. The Labute approximate surface area is 132 Å². The first kappa shape index (κ1) is 14.9. The van der Waals surface area contributed by atoms with Gasteiger partial charge in [0.1, 0.15) is 11.6 Å². The van der Waals surface area contributed by atoms with Crippen molar-refractivity contribution in [3.8, 4) is 0 Å². The maximum Gasteiger partial charge on any atom is 0.191 e. The van der Waals surface area contributed by atoms with E-state index in [0.29, 0.717) is 22.3 Å². The zero-order chi connectivity index (χ0) is 14.8. The Morgan fingerprint density at radius 3 is 2.86 bits per heavy atom. The number of aromatic nitrogens is 3. The van der Waals surface area contributed by atoms with Crippen LogP contribution in [0, 0.1) is 5.82 Å². The number of hydrogen-bond donors (Lipinski definition) is 0. The molecule has 3 rings (SSSR count). The predicted octanol–water partition coefficient (Wildman–Crippen LogP) is 4.65. The van der Waals surface area contributed by atoms with Crippen LogP contribution in [-0.4, -0.2) is 14.8 Å². The van der Waals surface area contributed by atoms with Crippen molar-refractivity contribution in [1.82, 2.24) is 14.8 Å². The standard InChI is InChI=1S/C15H17ClFN3S/c1-2-8-20-14(10-6-7-10)18-19-15(20)21-9-11-12(16)4-3-5-13(11)17/h3-5,10H,2,6-9H2,1H3. The number of hydrogen-bond acceptors (Lipinski definition) is 3. The van der Waals surface area contributed by atoms with Crippen molar-refractivity contribution in [2.24, 2.45) is 0 Å². The lowest BCUT2D eigenvalue weighted by atomic mass is 10.2. The molecule has 0 bridgehead atoms. The Morgan fingerprint density at radius 1 is 1.38 bits per heavy atom. The van der Waals surface area contributed by atoms with Gasteiger partial charge in [0.2, 0.25) is 0 Å². The minimum absolute atomic E-state index is 0.265. The lowest BCUT2D eigenvalue weighted by Gasteiger charge is -2.09. The van der Waals surface area contributed by atoms with Gasteiger partial charge in [-0.25, -0.2) is 4.39 Å². The summed E-state index contributed by atoms with van der Waals surface area (Å²) in [5.41, 5.74) is 0.531. The molecule has 1 heterocycles. The maximum atomic E-state index is 13.8. The van der Waals surface area contributed by atoms with E-state index in [4.69, 9.17) is 11.6 Å². The van der Waals surface area contributed by atoms with Gasteiger partial charge in [0.05, 0.1) is 0 Å². The summed E-state index contributed by atoms with van der Waals surface area (Å²) >= 11 is 7.57. The van der Waals surface area contributed by atoms with Crippen molar-refractivity contribution < 1.29 is 4.39 Å². The molecule has 1 fully saturated rings. The van der Waals surface area contributed by atoms with E-state index in [2.05, 4.69) is 21.7 Å². The molecular weight excluding hydrogens is 309 g/mol. The molecule has 0 saturated heterocycles. The molecular formula is C15H17ClFN3S. The average molecular weight is 326 g/mol. The fraction of sp³-hybridized carbons (Fsp3) is 0.467. The van der Waals surface area contributed by atoms with Gasteiger partial charge in [0, 0.05) is 28.8 Å². The van der Waals surface area contributed by atoms with E-state index in [-0.39, 0.29) is 5.82 Å². The molecule has 1 saturated carbocycles. The molecule has 0 N–H and O–H groups in total. The largest absolute Gasteiger partial charge is 0.306 e. The van der Waals surface area contributed by atoms with E-state index in [0.717, 1.165) is 23.9 Å². The fourth-order valence-corrected chi connectivity index (χ4v) is 3.61. The third-order valence-electron chi connectivity index (χ3n) is 3.54. The van der Waals surface area contributed by atoms with Gasteiger partial charge in [-0.05, 0) is 31.4 Å². The summed E-state index contributed by atoms with van der Waals surface area (Å²) in [4.78, 5) is 0. The second-order valence-electron chi connectivity index (χ2n) is 5.26. The first-order valence-electron chi connectivity index (χ1n) is 7.19. The van der Waals surface area contributed by atoms with E-state index in [9.17, 15) is 4.39 Å². The Morgan fingerprint density at radius 2 is 2.19 bits per heavy atom. The summed E-state index contributed by atoms with van der Waals surface area (Å²) in [5.74, 6) is 1.85. The van der Waals surface area contributed by atoms with E-state index >= 15 is 0 Å². The van der Waals surface area contributed by atoms with Crippen molar-refractivity contribution in [3.05, 3.63) is 40.4 Å². The second-order valence-corrected chi connectivity index (χ2v) is 6.61. The zero-order valence-electron chi connectivity index (χ0n) is 11.9. The van der Waals surface area contributed by atoms with Crippen LogP contribution in [0.15, 0.2) is 23.4 Å². The third-order valence-corrected chi connectivity index (χ3v) is 4.89. The lowest BCUT2D eigenvalue weighted by Crippen LogP contribution is -2.04. The highest BCUT2D eigenvalue weighted by Gasteiger charge is 2.30. The van der Waals surface area contributed by atoms with Gasteiger partial charge in [-0.3, -0.25) is 0 Å². The Kier molecular flexibility index (Phi) is 4.50. The normalized spacial score (nSPS) is 14.6. The van der Waals surface area contributed by atoms with Gasteiger partial charge in [-0.1, -0.05) is 36.4 Å². The van der Waals surface area contributed by atoms with Gasteiger partial charge in [0.25, 0.3) is 0 Å². The summed E-state index contributed by atoms with van der Waals surface area (Å²) in [7, 11) is 0. The molecule has 1 aromatic carbocycles. The minimum Gasteiger partial charge on any atom is -0.306 e. The van der Waals surface area contributed by atoms with Gasteiger partial charge in [0.15, 0.2) is 5.16 Å². The summed E-state index contributed by atoms with van der Waals surface area (Å²) < 4.78 is 16.0. The molecule has 1 aromatic heterocycles. The molecule has 0 unspecified atom stereocenters. The molecule has 21 heavy (non-hydrogen) atoms. The summed E-state index contributed by atoms with van der Waals surface area (Å²) in [5, 5.41) is 9.92. The Bertz CT molecular complexity index is 620. The molecule has 1 aliphatic rings. The molecule has 6 heteroatoms. The zero-order valence-corrected chi connectivity index (χ0v) is 13.4. The molecule has 112 valence electrons. The van der Waals surface area contributed by atoms with Crippen LogP contribution < -0.4 is 0 Å². The van der Waals surface area contributed by atoms with Crippen LogP contribution in [-0.2, 0) is 12.3 Å². The first-order chi connectivity index (χ1) is 10.2. The Balaban J connectivity index is 1.78. The average Bonchev–Trinajstić information content (AvgIpc) is 3.22. The monoisotopic (exact) mass is 325 g/mol. The van der Waals surface area contributed by atoms with Crippen LogP contribution in [0.5, 0.6) is 0 Å². The molecule has 0 radical (unpaired) electrons. The number of rotatable bonds is 6. The maximum absolute atomic E-state index is 13.8. The molecule has 0 amide bonds. The van der Waals surface area contributed by atoms with Crippen molar-refractivity contribution in [1.29, 1.82) is 0 Å². The van der Waals surface area contributed by atoms with Crippen LogP contribution >= 0.6 is 23.4 Å². The smallest absolute Gasteiger partial charge is 0.191 e. The number of thioether (sulfide) groups is 1. The lowest BCUT2D eigenvalue weighted by molar-refractivity contribution is 0.592. The van der Waals surface area contributed by atoms with Gasteiger partial charge in [-0.2, -0.15) is 0 Å². The SMILES string of the molecule is CCCn1c(SCc2c(F)cccc2Cl)nnc1C1CC1. The van der Waals surface area contributed by atoms with Gasteiger partial charge >= 0.3 is 0 Å². The highest BCUT2D eigenvalue weighted by atomic mass is 35.5. The number of benzene rings is 1. The van der Waals surface area contributed by atoms with Gasteiger partial charge in [-0.15, -0.1) is 10.2 Å². The van der Waals surface area contributed by atoms with Crippen molar-refractivity contribution >= 4 is 23.4 Å². The fourth-order valence-electron chi connectivity index (χ4n) is 2.29. The van der Waals surface area contributed by atoms with Crippen LogP contribution in [0.25, 0.3) is 0 Å². The topological polar surface area (TPSA) is 30.7 Å². The quantitative estimate of drug-likeness (QED) is 0.724. The summed E-state index contributed by atoms with van der Waals surface area (Å²) in [6.45, 7) is 3.05. The summed E-state index contributed by atoms with van der Waals surface area (Å²) in [6, 6.07) is 4.78. The molecule has 0 spiro atoms. The van der Waals surface area contributed by atoms with Crippen molar-refractivity contribution in [2.45, 2.75) is 49.6 Å². The van der Waals surface area contributed by atoms with Crippen molar-refractivity contribution in [3.63, 3.8) is 0 Å². The van der Waals surface area contributed by atoms with Crippen LogP contribution in [0.4, 0.5) is 4.39 Å². The van der Waals surface area contributed by atoms with Crippen LogP contribution in [0.2, 0.25) is 5.02 Å². The molecule has 2 aromatic rings. The van der Waals surface area contributed by atoms with Crippen LogP contribution in [0.3, 0.4) is 0 Å². The number of halogens is 2. The predicted molar refractivity (Wildman–Crippen MR) is 83.3 cm³/mol. The van der Waals surface area contributed by atoms with E-state index in [1.54, 1.807) is 12.1 Å². The highest BCUT2D eigenvalue weighted by Crippen LogP contribution is 2.40. The summed E-state index contributed by atoms with van der Waals surface area (Å²) in [6.07, 6.45) is 3.43. The highest BCUT2D eigenvalue weighted by molar-refractivity contribution is 7.98. The Hall–Kier alpha value is -1.07. The second kappa shape index (κ2) is 6.36. The van der Waals surface area contributed by atoms with E-state index in [1.807, 2.05) is 0 Å². The van der Waals surface area contributed by atoms with Gasteiger partial charge < -0.3 is 4.57 Å². The molecule has 1 aliphatic carbocycles. The molecule has 3 nitrogen and oxygen atoms in total. The van der Waals surface area contributed by atoms with E-state index in [1.165, 1.54) is 30.7 Å². The third kappa shape index (κ3) is 3.24. The molecule has 0 aliphatic heterocycles. The number of nitrogens with zero attached hydrogens (tertiary/aromatic N) is 3. The van der Waals surface area contributed by atoms with Crippen molar-refractivity contribution in [2.75, 3.05) is 0 Å². The minimum atomic E-state index is -0.265. The van der Waals surface area contributed by atoms with Crippen LogP contribution in [0.1, 0.15) is 43.5 Å².